The topological polar surface area (TPSA) is 130 Å². The van der Waals surface area contributed by atoms with Crippen LogP contribution in [0.4, 0.5) is 11.4 Å². The SMILES string of the molecule is C=NCCN(CCO)c1ccc(N=C2C(C)=Nn3nc(C(C)CNC(=O)C(CCCCCC)Oc4ccc(C)cc4C)nc32)c(C)c1. The molecule has 1 aliphatic heterocycles. The molecule has 0 fully saturated rings. The Labute approximate surface area is 278 Å². The quantitative estimate of drug-likeness (QED) is 0.135. The van der Waals surface area contributed by atoms with Crippen LogP contribution in [-0.2, 0) is 4.79 Å². The van der Waals surface area contributed by atoms with Gasteiger partial charge in [0.1, 0.15) is 11.5 Å². The van der Waals surface area contributed by atoms with Crippen molar-refractivity contribution in [2.75, 3.05) is 37.7 Å². The first-order valence-electron chi connectivity index (χ1n) is 16.7. The van der Waals surface area contributed by atoms with Gasteiger partial charge in [-0.2, -0.15) is 5.10 Å². The zero-order chi connectivity index (χ0) is 33.9. The fraction of sp³-hybridized carbons (Fsp3) is 0.500. The van der Waals surface area contributed by atoms with Crippen LogP contribution in [0.5, 0.6) is 5.75 Å². The third-order valence-electron chi connectivity index (χ3n) is 8.32. The maximum absolute atomic E-state index is 13.4. The van der Waals surface area contributed by atoms with Gasteiger partial charge < -0.3 is 20.1 Å². The lowest BCUT2D eigenvalue weighted by atomic mass is 10.1. The number of amides is 1. The molecule has 2 atom stereocenters. The van der Waals surface area contributed by atoms with Crippen molar-refractivity contribution in [3.63, 3.8) is 0 Å². The smallest absolute Gasteiger partial charge is 0.261 e. The summed E-state index contributed by atoms with van der Waals surface area (Å²) in [6, 6.07) is 12.0. The maximum atomic E-state index is 13.4. The average Bonchev–Trinajstić information content (AvgIpc) is 3.58. The molecule has 1 aromatic heterocycles. The van der Waals surface area contributed by atoms with Crippen molar-refractivity contribution in [1.29, 1.82) is 0 Å². The summed E-state index contributed by atoms with van der Waals surface area (Å²) in [5, 5.41) is 21.8. The summed E-state index contributed by atoms with van der Waals surface area (Å²) in [5.41, 5.74) is 6.34. The van der Waals surface area contributed by atoms with Crippen LogP contribution in [0.2, 0.25) is 0 Å². The molecule has 4 rings (SSSR count). The third kappa shape index (κ3) is 9.34. The average molecular weight is 643 g/mol. The number of aliphatic hydroxyl groups is 1. The second-order valence-electron chi connectivity index (χ2n) is 12.3. The lowest BCUT2D eigenvalue weighted by Crippen LogP contribution is -2.40. The van der Waals surface area contributed by atoms with Gasteiger partial charge in [-0.1, -0.05) is 50.8 Å². The minimum Gasteiger partial charge on any atom is -0.480 e. The van der Waals surface area contributed by atoms with E-state index in [9.17, 15) is 9.90 Å². The number of nitrogens with one attached hydrogen (secondary N) is 1. The lowest BCUT2D eigenvalue weighted by Gasteiger charge is -2.23. The number of benzene rings is 2. The van der Waals surface area contributed by atoms with E-state index in [1.54, 1.807) is 0 Å². The van der Waals surface area contributed by atoms with Gasteiger partial charge in [-0.15, -0.1) is 9.89 Å². The molecule has 11 nitrogen and oxygen atoms in total. The Hall–Kier alpha value is -4.38. The summed E-state index contributed by atoms with van der Waals surface area (Å²) < 4.78 is 6.27. The van der Waals surface area contributed by atoms with Gasteiger partial charge in [0.05, 0.1) is 24.6 Å². The van der Waals surface area contributed by atoms with E-state index < -0.39 is 6.10 Å². The Morgan fingerprint density at radius 2 is 1.89 bits per heavy atom. The van der Waals surface area contributed by atoms with Gasteiger partial charge in [-0.05, 0) is 82.6 Å². The Kier molecular flexibility index (Phi) is 12.8. The Balaban J connectivity index is 1.45. The largest absolute Gasteiger partial charge is 0.480 e. The molecule has 2 heterocycles. The molecular weight excluding hydrogens is 592 g/mol. The lowest BCUT2D eigenvalue weighted by molar-refractivity contribution is -0.128. The zero-order valence-corrected chi connectivity index (χ0v) is 28.8. The van der Waals surface area contributed by atoms with E-state index in [1.165, 1.54) is 4.79 Å². The second-order valence-corrected chi connectivity index (χ2v) is 12.3. The molecule has 11 heteroatoms. The highest BCUT2D eigenvalue weighted by atomic mass is 16.5. The number of carbonyl (C=O) groups excluding carboxylic acids is 1. The second kappa shape index (κ2) is 17.0. The van der Waals surface area contributed by atoms with E-state index in [-0.39, 0.29) is 18.4 Å². The summed E-state index contributed by atoms with van der Waals surface area (Å²) >= 11 is 0. The van der Waals surface area contributed by atoms with Crippen molar-refractivity contribution in [1.82, 2.24) is 20.2 Å². The number of aryl methyl sites for hydroxylation is 3. The summed E-state index contributed by atoms with van der Waals surface area (Å²) in [4.78, 5) is 30.7. The number of aliphatic imine (C=N–C) groups is 2. The molecular formula is C36H50N8O3. The first kappa shape index (κ1) is 35.5. The molecule has 2 unspecified atom stereocenters. The maximum Gasteiger partial charge on any atom is 0.261 e. The first-order chi connectivity index (χ1) is 22.6. The van der Waals surface area contributed by atoms with Gasteiger partial charge in [0, 0.05) is 31.2 Å². The molecule has 1 amide bonds. The van der Waals surface area contributed by atoms with Crippen molar-refractivity contribution in [3.8, 4) is 5.75 Å². The van der Waals surface area contributed by atoms with Crippen LogP contribution in [0.25, 0.3) is 0 Å². The number of aliphatic hydroxyl groups excluding tert-OH is 1. The molecule has 0 spiro atoms. The number of hydrogen-bond acceptors (Lipinski definition) is 9. The normalized spacial score (nSPS) is 14.4. The van der Waals surface area contributed by atoms with Crippen LogP contribution < -0.4 is 15.0 Å². The Morgan fingerprint density at radius 3 is 2.60 bits per heavy atom. The Morgan fingerprint density at radius 1 is 1.09 bits per heavy atom. The fourth-order valence-corrected chi connectivity index (χ4v) is 5.54. The van der Waals surface area contributed by atoms with E-state index in [0.29, 0.717) is 50.0 Å². The van der Waals surface area contributed by atoms with Crippen molar-refractivity contribution in [2.45, 2.75) is 85.7 Å². The summed E-state index contributed by atoms with van der Waals surface area (Å²) in [6.07, 6.45) is 4.35. The van der Waals surface area contributed by atoms with Crippen molar-refractivity contribution >= 4 is 35.4 Å². The molecule has 252 valence electrons. The number of rotatable bonds is 18. The number of carbonyl (C=O) groups is 1. The van der Waals surface area contributed by atoms with Crippen molar-refractivity contribution in [2.24, 2.45) is 15.1 Å². The van der Waals surface area contributed by atoms with Gasteiger partial charge in [-0.3, -0.25) is 9.79 Å². The summed E-state index contributed by atoms with van der Waals surface area (Å²) in [7, 11) is 0. The van der Waals surface area contributed by atoms with E-state index in [4.69, 9.17) is 14.7 Å². The van der Waals surface area contributed by atoms with Crippen molar-refractivity contribution < 1.29 is 14.6 Å². The minimum absolute atomic E-state index is 0.0521. The number of ether oxygens (including phenoxy) is 1. The van der Waals surface area contributed by atoms with Crippen LogP contribution in [0.15, 0.2) is 51.5 Å². The van der Waals surface area contributed by atoms with Gasteiger partial charge in [0.25, 0.3) is 5.91 Å². The number of aromatic nitrogens is 3. The molecule has 0 saturated heterocycles. The van der Waals surface area contributed by atoms with Crippen LogP contribution in [-0.4, -0.2) is 82.9 Å². The highest BCUT2D eigenvalue weighted by Crippen LogP contribution is 2.27. The molecule has 0 radical (unpaired) electrons. The number of fused-ring (bicyclic) bond motifs is 1. The number of unbranched alkanes of at least 4 members (excludes halogenated alkanes) is 3. The van der Waals surface area contributed by atoms with E-state index in [2.05, 4.69) is 51.2 Å². The first-order valence-corrected chi connectivity index (χ1v) is 16.7. The molecule has 47 heavy (non-hydrogen) atoms. The van der Waals surface area contributed by atoms with Crippen LogP contribution in [0, 0.1) is 20.8 Å². The van der Waals surface area contributed by atoms with E-state index in [1.807, 2.05) is 58.9 Å². The number of nitrogens with zero attached hydrogens (tertiary/aromatic N) is 7. The van der Waals surface area contributed by atoms with E-state index in [0.717, 1.165) is 65.2 Å². The molecule has 0 bridgehead atoms. The molecule has 2 aromatic carbocycles. The Bertz CT molecular complexity index is 1590. The highest BCUT2D eigenvalue weighted by molar-refractivity contribution is 6.48. The zero-order valence-electron chi connectivity index (χ0n) is 28.8. The molecule has 0 saturated carbocycles. The van der Waals surface area contributed by atoms with Gasteiger partial charge in [-0.25, -0.2) is 9.98 Å². The molecule has 2 N–H and O–H groups in total. The standard InChI is InChI=1S/C36H50N8O3/c1-8-9-10-11-12-32(47-31-16-13-24(2)21-26(31)4)36(46)38-23-27(5)34-40-35-33(28(6)41-44(35)42-34)39-30-15-14-29(22-25(30)3)43(19-20-45)18-17-37-7/h13-16,21-22,27,32,45H,7-12,17-20,23H2,1-6H3,(H,38,46). The predicted molar refractivity (Wildman–Crippen MR) is 190 cm³/mol. The minimum atomic E-state index is -0.574. The molecule has 1 aliphatic rings. The molecule has 0 aliphatic carbocycles. The third-order valence-corrected chi connectivity index (χ3v) is 8.32. The predicted octanol–water partition coefficient (Wildman–Crippen LogP) is 5.70. The highest BCUT2D eigenvalue weighted by Gasteiger charge is 2.28. The summed E-state index contributed by atoms with van der Waals surface area (Å²) in [5.74, 6) is 1.61. The monoisotopic (exact) mass is 642 g/mol. The van der Waals surface area contributed by atoms with E-state index >= 15 is 0 Å². The number of hydrogen-bond donors (Lipinski definition) is 2. The van der Waals surface area contributed by atoms with Crippen LogP contribution in [0.1, 0.15) is 87.1 Å². The van der Waals surface area contributed by atoms with Gasteiger partial charge >= 0.3 is 0 Å². The van der Waals surface area contributed by atoms with Gasteiger partial charge in [0.15, 0.2) is 11.9 Å². The van der Waals surface area contributed by atoms with Crippen molar-refractivity contribution in [3.05, 3.63) is 64.7 Å². The fourth-order valence-electron chi connectivity index (χ4n) is 5.54. The number of anilines is 1. The van der Waals surface area contributed by atoms with Crippen LogP contribution in [0.3, 0.4) is 0 Å². The summed E-state index contributed by atoms with van der Waals surface area (Å²) in [6.45, 7) is 17.9. The molecule has 3 aromatic rings. The van der Waals surface area contributed by atoms with Gasteiger partial charge in [0.2, 0.25) is 5.82 Å². The van der Waals surface area contributed by atoms with Crippen LogP contribution >= 0.6 is 0 Å².